The van der Waals surface area contributed by atoms with Gasteiger partial charge in [0, 0.05) is 54.6 Å². The number of nitrogens with zero attached hydrogens (tertiary/aromatic N) is 3. The molecule has 0 unspecified atom stereocenters. The molecule has 4 heterocycles. The second-order valence-corrected chi connectivity index (χ2v) is 14.3. The average Bonchev–Trinajstić information content (AvgIpc) is 3.97. The molecule has 0 saturated carbocycles. The fourth-order valence-electron chi connectivity index (χ4n) is 8.24. The summed E-state index contributed by atoms with van der Waals surface area (Å²) in [5, 5.41) is 6.33. The lowest BCUT2D eigenvalue weighted by Gasteiger charge is -2.08. The Labute approximate surface area is 325 Å². The van der Waals surface area contributed by atoms with E-state index in [1.807, 2.05) is 91.0 Å². The molecule has 0 saturated heterocycles. The van der Waals surface area contributed by atoms with E-state index in [0.717, 1.165) is 105 Å². The van der Waals surface area contributed by atoms with Crippen LogP contribution in [0.2, 0.25) is 0 Å². The van der Waals surface area contributed by atoms with Crippen molar-refractivity contribution in [3.8, 4) is 56.4 Å². The van der Waals surface area contributed by atoms with Crippen LogP contribution >= 0.6 is 0 Å². The van der Waals surface area contributed by atoms with Gasteiger partial charge in [-0.25, -0.2) is 15.0 Å². The summed E-state index contributed by atoms with van der Waals surface area (Å²) in [5.41, 5.74) is 11.6. The lowest BCUT2D eigenvalue weighted by atomic mass is 9.99. The van der Waals surface area contributed by atoms with Gasteiger partial charge in [-0.15, -0.1) is 0 Å². The molecular formula is C51H29N3O3. The van der Waals surface area contributed by atoms with Gasteiger partial charge in [0.2, 0.25) is 0 Å². The Bertz CT molecular complexity index is 3470. The quantitative estimate of drug-likeness (QED) is 0.175. The van der Waals surface area contributed by atoms with Crippen LogP contribution in [0.25, 0.3) is 122 Å². The molecule has 0 N–H and O–H groups in total. The number of hydrogen-bond donors (Lipinski definition) is 0. The minimum atomic E-state index is 0.551. The highest BCUT2D eigenvalue weighted by Crippen LogP contribution is 2.43. The first-order valence-electron chi connectivity index (χ1n) is 18.9. The number of benzene rings is 8. The maximum Gasteiger partial charge on any atom is 0.167 e. The fourth-order valence-corrected chi connectivity index (χ4v) is 8.24. The Hall–Kier alpha value is -7.83. The SMILES string of the molecule is c1ccc(-c2nc(-c3ccccc3)nc(-c3cccc4c3oc3cc(-c5cccc6c5oc5c(-c7ccc8c(c7)oc7ccccc78)cccc56)ccc34)n2)cc1. The number of rotatable bonds is 5. The standard InChI is InChI=1S/C51H29N3O3/c1-3-12-30(13-4-1)49-52-50(31-14-5-2-6-15-31)54-51(53-49)42-22-11-19-39-38-27-25-33(29-45(38)56-48(39)42)35-18-10-21-41-40-20-9-17-34(46(40)57-47(35)41)32-24-26-37-36-16-7-8-23-43(36)55-44(37)28-32/h1-29H. The summed E-state index contributed by atoms with van der Waals surface area (Å²) in [6.45, 7) is 0. The van der Waals surface area contributed by atoms with E-state index in [9.17, 15) is 0 Å². The summed E-state index contributed by atoms with van der Waals surface area (Å²) in [5.74, 6) is 1.76. The predicted molar refractivity (Wildman–Crippen MR) is 229 cm³/mol. The smallest absolute Gasteiger partial charge is 0.167 e. The number of fused-ring (bicyclic) bond motifs is 9. The Morgan fingerprint density at radius 2 is 0.702 bits per heavy atom. The summed E-state index contributed by atoms with van der Waals surface area (Å²) >= 11 is 0. The van der Waals surface area contributed by atoms with Crippen LogP contribution in [0.5, 0.6) is 0 Å². The van der Waals surface area contributed by atoms with Gasteiger partial charge >= 0.3 is 0 Å². The topological polar surface area (TPSA) is 78.1 Å². The molecular weight excluding hydrogens is 703 g/mol. The summed E-state index contributed by atoms with van der Waals surface area (Å²) in [7, 11) is 0. The lowest BCUT2D eigenvalue weighted by Crippen LogP contribution is -2.00. The van der Waals surface area contributed by atoms with E-state index in [0.29, 0.717) is 17.5 Å². The van der Waals surface area contributed by atoms with Gasteiger partial charge < -0.3 is 13.3 Å². The van der Waals surface area contributed by atoms with E-state index in [4.69, 9.17) is 28.2 Å². The van der Waals surface area contributed by atoms with Gasteiger partial charge in [0.25, 0.3) is 0 Å². The molecule has 0 aliphatic heterocycles. The van der Waals surface area contributed by atoms with Gasteiger partial charge in [0.1, 0.15) is 33.5 Å². The van der Waals surface area contributed by atoms with Gasteiger partial charge in [-0.05, 0) is 47.5 Å². The van der Waals surface area contributed by atoms with Crippen molar-refractivity contribution in [2.75, 3.05) is 0 Å². The first-order chi connectivity index (χ1) is 28.2. The first kappa shape index (κ1) is 31.5. The summed E-state index contributed by atoms with van der Waals surface area (Å²) < 4.78 is 19.9. The van der Waals surface area contributed by atoms with Crippen LogP contribution < -0.4 is 0 Å². The maximum absolute atomic E-state index is 6.85. The lowest BCUT2D eigenvalue weighted by molar-refractivity contribution is 0.668. The molecule has 6 nitrogen and oxygen atoms in total. The number of hydrogen-bond acceptors (Lipinski definition) is 6. The summed E-state index contributed by atoms with van der Waals surface area (Å²) in [6.07, 6.45) is 0. The van der Waals surface area contributed by atoms with E-state index >= 15 is 0 Å². The molecule has 8 aromatic carbocycles. The molecule has 266 valence electrons. The Balaban J connectivity index is 0.989. The fraction of sp³-hybridized carbons (Fsp3) is 0. The van der Waals surface area contributed by atoms with Crippen molar-refractivity contribution >= 4 is 65.8 Å². The molecule has 0 atom stereocenters. The molecule has 12 rings (SSSR count). The van der Waals surface area contributed by atoms with Crippen molar-refractivity contribution in [2.45, 2.75) is 0 Å². The number of para-hydroxylation sites is 4. The molecule has 0 amide bonds. The Kier molecular flexibility index (Phi) is 6.83. The number of furan rings is 3. The van der Waals surface area contributed by atoms with Gasteiger partial charge in [-0.2, -0.15) is 0 Å². The minimum absolute atomic E-state index is 0.551. The van der Waals surface area contributed by atoms with Crippen LogP contribution in [0.4, 0.5) is 0 Å². The van der Waals surface area contributed by atoms with Crippen molar-refractivity contribution < 1.29 is 13.3 Å². The largest absolute Gasteiger partial charge is 0.456 e. The second kappa shape index (κ2) is 12.3. The molecule has 6 heteroatoms. The third kappa shape index (κ3) is 5.01. The van der Waals surface area contributed by atoms with E-state index in [1.54, 1.807) is 0 Å². The summed E-state index contributed by atoms with van der Waals surface area (Å²) in [6, 6.07) is 59.8. The average molecular weight is 732 g/mol. The highest BCUT2D eigenvalue weighted by Gasteiger charge is 2.20. The Morgan fingerprint density at radius 3 is 1.32 bits per heavy atom. The first-order valence-corrected chi connectivity index (χ1v) is 18.9. The second-order valence-electron chi connectivity index (χ2n) is 14.3. The zero-order valence-electron chi connectivity index (χ0n) is 30.3. The zero-order chi connectivity index (χ0) is 37.5. The van der Waals surface area contributed by atoms with E-state index in [1.165, 1.54) is 0 Å². The maximum atomic E-state index is 6.85. The molecule has 0 bridgehead atoms. The van der Waals surface area contributed by atoms with Gasteiger partial charge in [-0.3, -0.25) is 0 Å². The van der Waals surface area contributed by atoms with Gasteiger partial charge in [-0.1, -0.05) is 140 Å². The highest BCUT2D eigenvalue weighted by atomic mass is 16.3. The van der Waals surface area contributed by atoms with E-state index < -0.39 is 0 Å². The Morgan fingerprint density at radius 1 is 0.263 bits per heavy atom. The van der Waals surface area contributed by atoms with Crippen molar-refractivity contribution in [2.24, 2.45) is 0 Å². The van der Waals surface area contributed by atoms with Crippen LogP contribution in [0.3, 0.4) is 0 Å². The summed E-state index contributed by atoms with van der Waals surface area (Å²) in [4.78, 5) is 14.9. The molecule has 0 fully saturated rings. The van der Waals surface area contributed by atoms with Crippen LogP contribution in [-0.2, 0) is 0 Å². The third-order valence-corrected chi connectivity index (χ3v) is 11.0. The van der Waals surface area contributed by atoms with Crippen molar-refractivity contribution in [1.29, 1.82) is 0 Å². The monoisotopic (exact) mass is 731 g/mol. The van der Waals surface area contributed by atoms with Crippen LogP contribution in [-0.4, -0.2) is 15.0 Å². The third-order valence-electron chi connectivity index (χ3n) is 11.0. The number of aromatic nitrogens is 3. The van der Waals surface area contributed by atoms with Crippen molar-refractivity contribution in [3.05, 3.63) is 176 Å². The normalized spacial score (nSPS) is 11.9. The molecule has 57 heavy (non-hydrogen) atoms. The van der Waals surface area contributed by atoms with Crippen LogP contribution in [0, 0.1) is 0 Å². The van der Waals surface area contributed by atoms with Gasteiger partial charge in [0.05, 0.1) is 5.56 Å². The van der Waals surface area contributed by atoms with E-state index in [-0.39, 0.29) is 0 Å². The molecule has 4 aromatic heterocycles. The molecule has 12 aromatic rings. The van der Waals surface area contributed by atoms with Gasteiger partial charge in [0.15, 0.2) is 17.5 Å². The molecule has 0 aliphatic carbocycles. The molecule has 0 spiro atoms. The van der Waals surface area contributed by atoms with E-state index in [2.05, 4.69) is 84.9 Å². The zero-order valence-corrected chi connectivity index (χ0v) is 30.3. The van der Waals surface area contributed by atoms with Crippen molar-refractivity contribution in [3.63, 3.8) is 0 Å². The van der Waals surface area contributed by atoms with Crippen LogP contribution in [0.15, 0.2) is 189 Å². The van der Waals surface area contributed by atoms with Crippen molar-refractivity contribution in [1.82, 2.24) is 15.0 Å². The molecule has 0 aliphatic rings. The highest BCUT2D eigenvalue weighted by molar-refractivity contribution is 6.15. The molecule has 0 radical (unpaired) electrons. The minimum Gasteiger partial charge on any atom is -0.456 e. The van der Waals surface area contributed by atoms with Crippen LogP contribution in [0.1, 0.15) is 0 Å². The predicted octanol–water partition coefficient (Wildman–Crippen LogP) is 13.9.